The SMILES string of the molecule is Cc1cc(C(=O)N2Cc3cnn(C)c3Nc3ccccc32)ccc1CCC(=O)N1CCN(CCC(C)(C)C)CC1. The third-order valence-electron chi connectivity index (χ3n) is 8.14. The van der Waals surface area contributed by atoms with Gasteiger partial charge in [0, 0.05) is 50.8 Å². The molecule has 40 heavy (non-hydrogen) atoms. The number of hydrogen-bond donors (Lipinski definition) is 1. The lowest BCUT2D eigenvalue weighted by Crippen LogP contribution is -2.49. The van der Waals surface area contributed by atoms with Crippen molar-refractivity contribution < 1.29 is 9.59 Å². The Bertz CT molecular complexity index is 1380. The van der Waals surface area contributed by atoms with E-state index in [1.807, 2.05) is 72.4 Å². The molecule has 8 nitrogen and oxygen atoms in total. The number of carbonyl (C=O) groups excluding carboxylic acids is 2. The lowest BCUT2D eigenvalue weighted by atomic mass is 9.92. The van der Waals surface area contributed by atoms with E-state index < -0.39 is 0 Å². The lowest BCUT2D eigenvalue weighted by Gasteiger charge is -2.36. The van der Waals surface area contributed by atoms with E-state index in [2.05, 4.69) is 36.1 Å². The van der Waals surface area contributed by atoms with Crippen LogP contribution >= 0.6 is 0 Å². The molecular formula is C32H42N6O2. The largest absolute Gasteiger partial charge is 0.340 e. The van der Waals surface area contributed by atoms with Crippen LogP contribution in [0.4, 0.5) is 17.2 Å². The van der Waals surface area contributed by atoms with Crippen molar-refractivity contribution in [2.45, 2.75) is 53.5 Å². The third-order valence-corrected chi connectivity index (χ3v) is 8.14. The van der Waals surface area contributed by atoms with Crippen LogP contribution in [0, 0.1) is 12.3 Å². The molecule has 0 unspecified atom stereocenters. The molecule has 8 heteroatoms. The van der Waals surface area contributed by atoms with Crippen molar-refractivity contribution in [3.63, 3.8) is 0 Å². The van der Waals surface area contributed by atoms with Gasteiger partial charge in [-0.05, 0) is 67.1 Å². The number of piperazine rings is 1. The molecule has 0 radical (unpaired) electrons. The second-order valence-electron chi connectivity index (χ2n) is 12.3. The van der Waals surface area contributed by atoms with Gasteiger partial charge in [-0.25, -0.2) is 0 Å². The molecule has 2 aromatic carbocycles. The molecule has 3 aromatic rings. The second kappa shape index (κ2) is 11.5. The zero-order chi connectivity index (χ0) is 28.4. The summed E-state index contributed by atoms with van der Waals surface area (Å²) in [6.07, 6.45) is 4.15. The predicted octanol–water partition coefficient (Wildman–Crippen LogP) is 5.15. The number of amides is 2. The maximum absolute atomic E-state index is 13.8. The molecule has 2 amide bonds. The summed E-state index contributed by atoms with van der Waals surface area (Å²) in [6.45, 7) is 13.9. The standard InChI is InChI=1S/C32H42N6O2/c1-23-20-25(31(40)38-22-26-21-33-35(5)30(26)34-27-8-6-7-9-28(27)38)11-10-24(23)12-13-29(39)37-18-16-36(17-19-37)15-14-32(2,3)4/h6-11,20-21,34H,12-19,22H2,1-5H3. The van der Waals surface area contributed by atoms with Crippen molar-refractivity contribution >= 4 is 29.0 Å². The van der Waals surface area contributed by atoms with Crippen molar-refractivity contribution in [2.24, 2.45) is 12.5 Å². The summed E-state index contributed by atoms with van der Waals surface area (Å²) in [4.78, 5) is 33.1. The number of benzene rings is 2. The van der Waals surface area contributed by atoms with Gasteiger partial charge < -0.3 is 15.1 Å². The molecule has 0 atom stereocenters. The van der Waals surface area contributed by atoms with E-state index >= 15 is 0 Å². The second-order valence-corrected chi connectivity index (χ2v) is 12.3. The van der Waals surface area contributed by atoms with E-state index in [4.69, 9.17) is 0 Å². The number of rotatable bonds is 6. The van der Waals surface area contributed by atoms with E-state index in [0.717, 1.165) is 66.6 Å². The van der Waals surface area contributed by atoms with Crippen molar-refractivity contribution in [2.75, 3.05) is 42.9 Å². The summed E-state index contributed by atoms with van der Waals surface area (Å²) in [7, 11) is 1.90. The zero-order valence-corrected chi connectivity index (χ0v) is 24.5. The van der Waals surface area contributed by atoms with Gasteiger partial charge in [0.25, 0.3) is 5.91 Å². The van der Waals surface area contributed by atoms with Crippen molar-refractivity contribution in [1.29, 1.82) is 0 Å². The van der Waals surface area contributed by atoms with Crippen LogP contribution in [-0.4, -0.2) is 64.1 Å². The Balaban J connectivity index is 1.21. The molecule has 3 heterocycles. The van der Waals surface area contributed by atoms with E-state index in [1.54, 1.807) is 4.68 Å². The number of anilines is 3. The minimum absolute atomic E-state index is 0.0546. The maximum Gasteiger partial charge on any atom is 0.258 e. The Morgan fingerprint density at radius 3 is 2.50 bits per heavy atom. The fourth-order valence-corrected chi connectivity index (χ4v) is 5.52. The number of nitrogens with one attached hydrogen (secondary N) is 1. The van der Waals surface area contributed by atoms with Gasteiger partial charge in [0.15, 0.2) is 0 Å². The summed E-state index contributed by atoms with van der Waals surface area (Å²) in [6, 6.07) is 13.7. The van der Waals surface area contributed by atoms with E-state index in [-0.39, 0.29) is 11.8 Å². The van der Waals surface area contributed by atoms with Gasteiger partial charge in [-0.1, -0.05) is 39.0 Å². The molecule has 1 fully saturated rings. The maximum atomic E-state index is 13.8. The van der Waals surface area contributed by atoms with Gasteiger partial charge in [-0.15, -0.1) is 0 Å². The zero-order valence-electron chi connectivity index (χ0n) is 24.5. The molecular weight excluding hydrogens is 500 g/mol. The highest BCUT2D eigenvalue weighted by Gasteiger charge is 2.27. The first kappa shape index (κ1) is 27.9. The van der Waals surface area contributed by atoms with Crippen LogP contribution in [0.25, 0.3) is 0 Å². The first-order chi connectivity index (χ1) is 19.1. The quantitative estimate of drug-likeness (QED) is 0.467. The molecule has 0 spiro atoms. The number of para-hydroxylation sites is 2. The van der Waals surface area contributed by atoms with Crippen LogP contribution in [0.15, 0.2) is 48.7 Å². The molecule has 0 bridgehead atoms. The normalized spacial score (nSPS) is 15.7. The summed E-state index contributed by atoms with van der Waals surface area (Å²) >= 11 is 0. The number of carbonyl (C=O) groups is 2. The van der Waals surface area contributed by atoms with E-state index in [1.165, 1.54) is 6.42 Å². The van der Waals surface area contributed by atoms with Crippen molar-refractivity contribution in [3.8, 4) is 0 Å². The Kier molecular flexibility index (Phi) is 7.99. The molecule has 212 valence electrons. The fraction of sp³-hybridized carbons (Fsp3) is 0.469. The molecule has 1 aromatic heterocycles. The van der Waals surface area contributed by atoms with Gasteiger partial charge in [0.05, 0.1) is 24.1 Å². The van der Waals surface area contributed by atoms with Gasteiger partial charge >= 0.3 is 0 Å². The Hall–Kier alpha value is -3.65. The lowest BCUT2D eigenvalue weighted by molar-refractivity contribution is -0.132. The number of aromatic nitrogens is 2. The summed E-state index contributed by atoms with van der Waals surface area (Å²) < 4.78 is 1.80. The van der Waals surface area contributed by atoms with Crippen LogP contribution in [0.2, 0.25) is 0 Å². The van der Waals surface area contributed by atoms with Gasteiger partial charge in [-0.2, -0.15) is 5.10 Å². The summed E-state index contributed by atoms with van der Waals surface area (Å²) in [5.74, 6) is 1.06. The Morgan fingerprint density at radius 1 is 1.02 bits per heavy atom. The minimum Gasteiger partial charge on any atom is -0.340 e. The van der Waals surface area contributed by atoms with Crippen molar-refractivity contribution in [3.05, 3.63) is 70.9 Å². The molecule has 0 saturated carbocycles. The van der Waals surface area contributed by atoms with Crippen LogP contribution < -0.4 is 10.2 Å². The molecule has 1 saturated heterocycles. The third kappa shape index (κ3) is 6.22. The fourth-order valence-electron chi connectivity index (χ4n) is 5.52. The van der Waals surface area contributed by atoms with Crippen LogP contribution in [0.1, 0.15) is 60.7 Å². The molecule has 5 rings (SSSR count). The summed E-state index contributed by atoms with van der Waals surface area (Å²) in [5, 5.41) is 7.82. The van der Waals surface area contributed by atoms with Gasteiger partial charge in [0.2, 0.25) is 5.91 Å². The van der Waals surface area contributed by atoms with Gasteiger partial charge in [0.1, 0.15) is 5.82 Å². The van der Waals surface area contributed by atoms with E-state index in [0.29, 0.717) is 30.4 Å². The molecule has 1 N–H and O–H groups in total. The first-order valence-corrected chi connectivity index (χ1v) is 14.4. The molecule has 2 aliphatic heterocycles. The van der Waals surface area contributed by atoms with Crippen LogP contribution in [0.3, 0.4) is 0 Å². The van der Waals surface area contributed by atoms with Crippen molar-refractivity contribution in [1.82, 2.24) is 19.6 Å². The average molecular weight is 543 g/mol. The monoisotopic (exact) mass is 542 g/mol. The molecule has 2 aliphatic rings. The van der Waals surface area contributed by atoms with E-state index in [9.17, 15) is 9.59 Å². The average Bonchev–Trinajstić information content (AvgIpc) is 3.18. The summed E-state index contributed by atoms with van der Waals surface area (Å²) in [5.41, 5.74) is 5.81. The highest BCUT2D eigenvalue weighted by atomic mass is 16.2. The smallest absolute Gasteiger partial charge is 0.258 e. The number of fused-ring (bicyclic) bond motifs is 2. The number of nitrogens with zero attached hydrogens (tertiary/aromatic N) is 5. The topological polar surface area (TPSA) is 73.7 Å². The molecule has 0 aliphatic carbocycles. The highest BCUT2D eigenvalue weighted by molar-refractivity contribution is 6.08. The van der Waals surface area contributed by atoms with Gasteiger partial charge in [-0.3, -0.25) is 19.2 Å². The Morgan fingerprint density at radius 2 is 1.77 bits per heavy atom. The number of hydrogen-bond acceptors (Lipinski definition) is 5. The predicted molar refractivity (Wildman–Crippen MR) is 160 cm³/mol. The van der Waals surface area contributed by atoms with Crippen LogP contribution in [-0.2, 0) is 24.8 Å². The van der Waals surface area contributed by atoms with Crippen LogP contribution in [0.5, 0.6) is 0 Å². The highest BCUT2D eigenvalue weighted by Crippen LogP contribution is 2.36. The minimum atomic E-state index is -0.0546. The first-order valence-electron chi connectivity index (χ1n) is 14.4. The Labute approximate surface area is 237 Å². The number of aryl methyl sites for hydroxylation is 3.